The second-order valence-corrected chi connectivity index (χ2v) is 9.05. The van der Waals surface area contributed by atoms with Crippen molar-refractivity contribution in [3.05, 3.63) is 45.8 Å². The number of thiophene rings is 1. The van der Waals surface area contributed by atoms with Gasteiger partial charge >= 0.3 is 0 Å². The summed E-state index contributed by atoms with van der Waals surface area (Å²) in [5.41, 5.74) is 2.87. The number of anilines is 1. The van der Waals surface area contributed by atoms with Gasteiger partial charge in [0.25, 0.3) is 0 Å². The summed E-state index contributed by atoms with van der Waals surface area (Å²) >= 11 is 6.77. The first-order chi connectivity index (χ1) is 11.2. The largest absolute Gasteiger partial charge is 0.311 e. The molecule has 0 aliphatic carbocycles. The van der Waals surface area contributed by atoms with Crippen LogP contribution in [0.1, 0.15) is 18.1 Å². The molecule has 0 unspecified atom stereocenters. The van der Waals surface area contributed by atoms with Crippen molar-refractivity contribution in [1.29, 1.82) is 0 Å². The summed E-state index contributed by atoms with van der Waals surface area (Å²) in [6.07, 6.45) is 0. The Bertz CT molecular complexity index is 847. The molecule has 0 atom stereocenters. The number of halogens is 1. The van der Waals surface area contributed by atoms with Crippen LogP contribution < -0.4 is 9.62 Å². The highest BCUT2D eigenvalue weighted by Crippen LogP contribution is 2.25. The number of amides is 1. The van der Waals surface area contributed by atoms with E-state index >= 15 is 0 Å². The number of hydrogen-bond donors (Lipinski definition) is 1. The number of nitrogens with zero attached hydrogens (tertiary/aromatic N) is 1. The van der Waals surface area contributed by atoms with Crippen molar-refractivity contribution in [2.45, 2.75) is 25.0 Å². The van der Waals surface area contributed by atoms with E-state index in [0.29, 0.717) is 4.34 Å². The molecule has 1 heterocycles. The fraction of sp³-hybridized carbons (Fsp3) is 0.312. The predicted octanol–water partition coefficient (Wildman–Crippen LogP) is 3.35. The van der Waals surface area contributed by atoms with Crippen LogP contribution in [0.5, 0.6) is 0 Å². The summed E-state index contributed by atoms with van der Waals surface area (Å²) in [4.78, 5) is 13.5. The number of carbonyl (C=O) groups is 1. The molecule has 0 saturated heterocycles. The number of nitrogens with one attached hydrogen (secondary N) is 1. The number of hydrogen-bond acceptors (Lipinski definition) is 4. The summed E-state index contributed by atoms with van der Waals surface area (Å²) in [7, 11) is -3.62. The predicted molar refractivity (Wildman–Crippen MR) is 98.5 cm³/mol. The Labute approximate surface area is 151 Å². The van der Waals surface area contributed by atoms with Gasteiger partial charge in [-0.15, -0.1) is 11.3 Å². The maximum absolute atomic E-state index is 12.2. The van der Waals surface area contributed by atoms with Gasteiger partial charge in [0.15, 0.2) is 0 Å². The molecule has 0 aliphatic rings. The molecule has 0 bridgehead atoms. The third-order valence-corrected chi connectivity index (χ3v) is 6.87. The van der Waals surface area contributed by atoms with E-state index in [0.717, 1.165) is 28.2 Å². The Morgan fingerprint density at radius 2 is 1.96 bits per heavy atom. The Hall–Kier alpha value is -1.41. The van der Waals surface area contributed by atoms with Crippen LogP contribution >= 0.6 is 22.9 Å². The van der Waals surface area contributed by atoms with Gasteiger partial charge in [0.1, 0.15) is 4.21 Å². The van der Waals surface area contributed by atoms with Gasteiger partial charge in [0, 0.05) is 25.7 Å². The summed E-state index contributed by atoms with van der Waals surface area (Å²) in [5, 5.41) is 0. The van der Waals surface area contributed by atoms with Gasteiger partial charge < -0.3 is 4.90 Å². The first-order valence-electron chi connectivity index (χ1n) is 7.31. The van der Waals surface area contributed by atoms with Crippen molar-refractivity contribution in [2.75, 3.05) is 18.0 Å². The van der Waals surface area contributed by atoms with Crippen LogP contribution in [-0.4, -0.2) is 27.4 Å². The van der Waals surface area contributed by atoms with E-state index < -0.39 is 10.0 Å². The number of carbonyl (C=O) groups excluding carboxylic acids is 1. The third kappa shape index (κ3) is 4.36. The summed E-state index contributed by atoms with van der Waals surface area (Å²) in [6.45, 7) is 5.75. The van der Waals surface area contributed by atoms with Crippen molar-refractivity contribution in [3.8, 4) is 0 Å². The Morgan fingerprint density at radius 1 is 1.25 bits per heavy atom. The van der Waals surface area contributed by atoms with Crippen LogP contribution in [-0.2, 0) is 14.8 Å². The smallest absolute Gasteiger partial charge is 0.250 e. The molecule has 0 fully saturated rings. The van der Waals surface area contributed by atoms with E-state index in [4.69, 9.17) is 11.6 Å². The average Bonchev–Trinajstić information content (AvgIpc) is 2.94. The molecule has 0 saturated carbocycles. The van der Waals surface area contributed by atoms with Gasteiger partial charge in [-0.3, -0.25) is 4.79 Å². The minimum atomic E-state index is -3.62. The molecule has 0 spiro atoms. The fourth-order valence-corrected chi connectivity index (χ4v) is 4.83. The molecular weight excluding hydrogens is 368 g/mol. The average molecular weight is 387 g/mol. The monoisotopic (exact) mass is 386 g/mol. The van der Waals surface area contributed by atoms with E-state index in [1.54, 1.807) is 11.0 Å². The van der Waals surface area contributed by atoms with Crippen LogP contribution in [0.3, 0.4) is 0 Å². The minimum absolute atomic E-state index is 0.116. The molecule has 130 valence electrons. The van der Waals surface area contributed by atoms with Crippen molar-refractivity contribution < 1.29 is 13.2 Å². The van der Waals surface area contributed by atoms with Crippen LogP contribution in [0.4, 0.5) is 5.69 Å². The van der Waals surface area contributed by atoms with Gasteiger partial charge in [0.2, 0.25) is 15.9 Å². The SMILES string of the molecule is CC(=O)N(CCNS(=O)(=O)c1ccc(Cl)s1)c1cccc(C)c1C. The lowest BCUT2D eigenvalue weighted by atomic mass is 10.1. The maximum Gasteiger partial charge on any atom is 0.250 e. The molecule has 1 aromatic heterocycles. The number of aryl methyl sites for hydroxylation is 1. The van der Waals surface area contributed by atoms with Crippen molar-refractivity contribution in [3.63, 3.8) is 0 Å². The highest BCUT2D eigenvalue weighted by atomic mass is 35.5. The number of benzene rings is 1. The number of rotatable bonds is 6. The molecule has 1 N–H and O–H groups in total. The van der Waals surface area contributed by atoms with Gasteiger partial charge in [-0.1, -0.05) is 23.7 Å². The standard InChI is InChI=1S/C16H19ClN2O3S2/c1-11-5-4-6-14(12(11)2)19(13(3)20)10-9-18-24(21,22)16-8-7-15(17)23-16/h4-8,18H,9-10H2,1-3H3. The van der Waals surface area contributed by atoms with Gasteiger partial charge in [-0.2, -0.15) is 0 Å². The number of sulfonamides is 1. The first-order valence-corrected chi connectivity index (χ1v) is 9.99. The highest BCUT2D eigenvalue weighted by molar-refractivity contribution is 7.91. The summed E-state index contributed by atoms with van der Waals surface area (Å²) < 4.78 is 27.5. The van der Waals surface area contributed by atoms with E-state index in [1.165, 1.54) is 13.0 Å². The van der Waals surface area contributed by atoms with E-state index in [-0.39, 0.29) is 23.2 Å². The van der Waals surface area contributed by atoms with Crippen LogP contribution in [0, 0.1) is 13.8 Å². The molecule has 0 radical (unpaired) electrons. The minimum Gasteiger partial charge on any atom is -0.311 e. The highest BCUT2D eigenvalue weighted by Gasteiger charge is 2.19. The Morgan fingerprint density at radius 3 is 2.54 bits per heavy atom. The Balaban J connectivity index is 2.10. The van der Waals surface area contributed by atoms with Gasteiger partial charge in [0.05, 0.1) is 4.34 Å². The van der Waals surface area contributed by atoms with Gasteiger partial charge in [-0.25, -0.2) is 13.1 Å². The molecule has 8 heteroatoms. The van der Waals surface area contributed by atoms with E-state index in [1.807, 2.05) is 32.0 Å². The molecule has 2 rings (SSSR count). The molecular formula is C16H19ClN2O3S2. The molecule has 2 aromatic rings. The molecule has 24 heavy (non-hydrogen) atoms. The van der Waals surface area contributed by atoms with Crippen LogP contribution in [0.2, 0.25) is 4.34 Å². The first kappa shape index (κ1) is 18.9. The quantitative estimate of drug-likeness (QED) is 0.827. The molecule has 1 aromatic carbocycles. The van der Waals surface area contributed by atoms with Crippen LogP contribution in [0.25, 0.3) is 0 Å². The maximum atomic E-state index is 12.2. The molecule has 0 aliphatic heterocycles. The lowest BCUT2D eigenvalue weighted by Crippen LogP contribution is -2.37. The van der Waals surface area contributed by atoms with Crippen LogP contribution in [0.15, 0.2) is 34.5 Å². The van der Waals surface area contributed by atoms with Crippen molar-refractivity contribution in [1.82, 2.24) is 4.72 Å². The topological polar surface area (TPSA) is 66.5 Å². The zero-order valence-electron chi connectivity index (χ0n) is 13.7. The van der Waals surface area contributed by atoms with Gasteiger partial charge in [-0.05, 0) is 43.2 Å². The zero-order valence-corrected chi connectivity index (χ0v) is 16.1. The fourth-order valence-electron chi connectivity index (χ4n) is 2.28. The van der Waals surface area contributed by atoms with Crippen molar-refractivity contribution >= 4 is 44.6 Å². The Kier molecular flexibility index (Phi) is 6.03. The lowest BCUT2D eigenvalue weighted by Gasteiger charge is -2.24. The third-order valence-electron chi connectivity index (χ3n) is 3.69. The molecule has 5 nitrogen and oxygen atoms in total. The molecule has 1 amide bonds. The normalized spacial score (nSPS) is 11.5. The summed E-state index contributed by atoms with van der Waals surface area (Å²) in [5.74, 6) is -0.137. The summed E-state index contributed by atoms with van der Waals surface area (Å²) in [6, 6.07) is 8.71. The second-order valence-electron chi connectivity index (χ2n) is 5.35. The van der Waals surface area contributed by atoms with E-state index in [2.05, 4.69) is 4.72 Å². The van der Waals surface area contributed by atoms with Crippen molar-refractivity contribution in [2.24, 2.45) is 0 Å². The van der Waals surface area contributed by atoms with E-state index in [9.17, 15) is 13.2 Å². The zero-order chi connectivity index (χ0) is 17.9. The lowest BCUT2D eigenvalue weighted by molar-refractivity contribution is -0.116. The second kappa shape index (κ2) is 7.65.